The predicted molar refractivity (Wildman–Crippen MR) is 79.9 cm³/mol. The molecule has 21 heavy (non-hydrogen) atoms. The lowest BCUT2D eigenvalue weighted by atomic mass is 9.98. The SMILES string of the molecule is C[C@H]1O[C@H](Nc2cccc3ccccc23)[C@@H](O)[C@@H](O)[C@@H]1O. The first-order valence-electron chi connectivity index (χ1n) is 7.02. The Balaban J connectivity index is 1.88. The summed E-state index contributed by atoms with van der Waals surface area (Å²) < 4.78 is 5.56. The third kappa shape index (κ3) is 2.61. The zero-order valence-electron chi connectivity index (χ0n) is 11.7. The quantitative estimate of drug-likeness (QED) is 0.665. The Morgan fingerprint density at radius 2 is 1.62 bits per heavy atom. The summed E-state index contributed by atoms with van der Waals surface area (Å²) in [5.74, 6) is 0. The van der Waals surface area contributed by atoms with Gasteiger partial charge in [-0.25, -0.2) is 0 Å². The maximum atomic E-state index is 10.1. The summed E-state index contributed by atoms with van der Waals surface area (Å²) in [5.41, 5.74) is 0.813. The Hall–Kier alpha value is -1.66. The summed E-state index contributed by atoms with van der Waals surface area (Å²) in [6.45, 7) is 1.66. The maximum Gasteiger partial charge on any atom is 0.157 e. The van der Waals surface area contributed by atoms with Gasteiger partial charge < -0.3 is 25.4 Å². The average Bonchev–Trinajstić information content (AvgIpc) is 2.51. The Kier molecular flexibility index (Phi) is 3.82. The van der Waals surface area contributed by atoms with Crippen molar-refractivity contribution in [2.24, 2.45) is 0 Å². The molecule has 4 N–H and O–H groups in total. The number of ether oxygens (including phenoxy) is 1. The van der Waals surface area contributed by atoms with Crippen LogP contribution in [0.25, 0.3) is 10.8 Å². The molecule has 2 aromatic rings. The monoisotopic (exact) mass is 289 g/mol. The molecule has 0 radical (unpaired) electrons. The van der Waals surface area contributed by atoms with Crippen LogP contribution in [0.5, 0.6) is 0 Å². The molecule has 0 aromatic heterocycles. The van der Waals surface area contributed by atoms with Crippen molar-refractivity contribution in [3.8, 4) is 0 Å². The number of nitrogens with one attached hydrogen (secondary N) is 1. The lowest BCUT2D eigenvalue weighted by molar-refractivity contribution is -0.209. The number of hydrogen-bond donors (Lipinski definition) is 4. The molecule has 1 aliphatic rings. The van der Waals surface area contributed by atoms with E-state index in [0.717, 1.165) is 16.5 Å². The summed E-state index contributed by atoms with van der Waals surface area (Å²) in [5, 5.41) is 34.8. The van der Waals surface area contributed by atoms with Crippen LogP contribution in [0.15, 0.2) is 42.5 Å². The molecule has 1 fully saturated rings. The van der Waals surface area contributed by atoms with Gasteiger partial charge in [0.1, 0.15) is 18.3 Å². The van der Waals surface area contributed by atoms with Crippen molar-refractivity contribution >= 4 is 16.5 Å². The van der Waals surface area contributed by atoms with Crippen molar-refractivity contribution in [2.75, 3.05) is 5.32 Å². The molecule has 0 aliphatic carbocycles. The van der Waals surface area contributed by atoms with Crippen LogP contribution in [0, 0.1) is 0 Å². The molecule has 5 atom stereocenters. The van der Waals surface area contributed by atoms with E-state index >= 15 is 0 Å². The van der Waals surface area contributed by atoms with Crippen LogP contribution < -0.4 is 5.32 Å². The first-order chi connectivity index (χ1) is 10.1. The zero-order chi connectivity index (χ0) is 15.0. The second-order valence-electron chi connectivity index (χ2n) is 5.40. The molecule has 1 saturated heterocycles. The van der Waals surface area contributed by atoms with E-state index in [1.165, 1.54) is 0 Å². The van der Waals surface area contributed by atoms with E-state index in [1.807, 2.05) is 42.5 Å². The molecule has 5 heteroatoms. The van der Waals surface area contributed by atoms with E-state index < -0.39 is 30.6 Å². The summed E-state index contributed by atoms with van der Waals surface area (Å²) in [6.07, 6.45) is -4.86. The number of hydrogen-bond acceptors (Lipinski definition) is 5. The Labute approximate surface area is 122 Å². The first-order valence-corrected chi connectivity index (χ1v) is 7.02. The second-order valence-corrected chi connectivity index (χ2v) is 5.40. The highest BCUT2D eigenvalue weighted by Gasteiger charge is 2.41. The third-order valence-electron chi connectivity index (χ3n) is 3.94. The van der Waals surface area contributed by atoms with Crippen molar-refractivity contribution in [1.29, 1.82) is 0 Å². The van der Waals surface area contributed by atoms with E-state index in [2.05, 4.69) is 5.32 Å². The van der Waals surface area contributed by atoms with Gasteiger partial charge >= 0.3 is 0 Å². The number of aliphatic hydroxyl groups is 3. The van der Waals surface area contributed by atoms with Gasteiger partial charge in [-0.15, -0.1) is 0 Å². The smallest absolute Gasteiger partial charge is 0.157 e. The van der Waals surface area contributed by atoms with Crippen molar-refractivity contribution in [3.05, 3.63) is 42.5 Å². The van der Waals surface area contributed by atoms with Gasteiger partial charge in [0, 0.05) is 11.1 Å². The van der Waals surface area contributed by atoms with Gasteiger partial charge in [0.25, 0.3) is 0 Å². The fraction of sp³-hybridized carbons (Fsp3) is 0.375. The lowest BCUT2D eigenvalue weighted by Crippen LogP contribution is -2.58. The highest BCUT2D eigenvalue weighted by molar-refractivity contribution is 5.93. The van der Waals surface area contributed by atoms with Crippen molar-refractivity contribution < 1.29 is 20.1 Å². The van der Waals surface area contributed by atoms with Crippen molar-refractivity contribution in [1.82, 2.24) is 0 Å². The normalized spacial score (nSPS) is 33.0. The van der Waals surface area contributed by atoms with Gasteiger partial charge in [-0.2, -0.15) is 0 Å². The Morgan fingerprint density at radius 1 is 0.905 bits per heavy atom. The minimum atomic E-state index is -1.23. The molecule has 0 spiro atoms. The van der Waals surface area contributed by atoms with E-state index in [0.29, 0.717) is 0 Å². The van der Waals surface area contributed by atoms with Crippen LogP contribution in [0.3, 0.4) is 0 Å². The molecule has 3 rings (SSSR count). The molecule has 112 valence electrons. The second kappa shape index (κ2) is 5.61. The van der Waals surface area contributed by atoms with Crippen LogP contribution >= 0.6 is 0 Å². The largest absolute Gasteiger partial charge is 0.388 e. The van der Waals surface area contributed by atoms with Crippen LogP contribution in [0.2, 0.25) is 0 Å². The van der Waals surface area contributed by atoms with Gasteiger partial charge in [0.05, 0.1) is 6.10 Å². The first kappa shape index (κ1) is 14.3. The van der Waals surface area contributed by atoms with Gasteiger partial charge in [-0.3, -0.25) is 0 Å². The fourth-order valence-electron chi connectivity index (χ4n) is 2.67. The Morgan fingerprint density at radius 3 is 2.43 bits per heavy atom. The average molecular weight is 289 g/mol. The molecule has 0 unspecified atom stereocenters. The molecule has 1 heterocycles. The number of fused-ring (bicyclic) bond motifs is 1. The number of benzene rings is 2. The zero-order valence-corrected chi connectivity index (χ0v) is 11.7. The highest BCUT2D eigenvalue weighted by atomic mass is 16.5. The number of rotatable bonds is 2. The molecule has 0 amide bonds. The number of aliphatic hydroxyl groups excluding tert-OH is 3. The van der Waals surface area contributed by atoms with Crippen LogP contribution in [0.4, 0.5) is 5.69 Å². The lowest BCUT2D eigenvalue weighted by Gasteiger charge is -2.40. The molecule has 1 aliphatic heterocycles. The van der Waals surface area contributed by atoms with E-state index in [9.17, 15) is 15.3 Å². The van der Waals surface area contributed by atoms with E-state index in [1.54, 1.807) is 6.92 Å². The van der Waals surface area contributed by atoms with E-state index in [4.69, 9.17) is 4.74 Å². The van der Waals surface area contributed by atoms with Gasteiger partial charge in [-0.05, 0) is 18.4 Å². The summed E-state index contributed by atoms with van der Waals surface area (Å²) >= 11 is 0. The van der Waals surface area contributed by atoms with Gasteiger partial charge in [0.2, 0.25) is 0 Å². The summed E-state index contributed by atoms with van der Waals surface area (Å²) in [4.78, 5) is 0. The minimum absolute atomic E-state index is 0.559. The van der Waals surface area contributed by atoms with Crippen LogP contribution in [0.1, 0.15) is 6.92 Å². The molecule has 0 bridgehead atoms. The predicted octanol–water partition coefficient (Wildman–Crippen LogP) is 1.08. The standard InChI is InChI=1S/C16H19NO4/c1-9-13(18)14(19)15(20)16(21-9)17-12-8-4-6-10-5-2-3-7-11(10)12/h2-9,13-20H,1H3/t9-,13-,14+,15+,16+/m1/s1. The summed E-state index contributed by atoms with van der Waals surface area (Å²) in [7, 11) is 0. The highest BCUT2D eigenvalue weighted by Crippen LogP contribution is 2.27. The summed E-state index contributed by atoms with van der Waals surface area (Å²) in [6, 6.07) is 13.7. The topological polar surface area (TPSA) is 82.0 Å². The molecular weight excluding hydrogens is 270 g/mol. The maximum absolute atomic E-state index is 10.1. The molecule has 2 aromatic carbocycles. The molecule has 0 saturated carbocycles. The van der Waals surface area contributed by atoms with Crippen molar-refractivity contribution in [3.63, 3.8) is 0 Å². The van der Waals surface area contributed by atoms with Crippen LogP contribution in [-0.4, -0.2) is 46.0 Å². The van der Waals surface area contributed by atoms with Gasteiger partial charge in [0.15, 0.2) is 6.23 Å². The molecular formula is C16H19NO4. The van der Waals surface area contributed by atoms with Gasteiger partial charge in [-0.1, -0.05) is 36.4 Å². The Bertz CT molecular complexity index is 627. The van der Waals surface area contributed by atoms with E-state index in [-0.39, 0.29) is 0 Å². The fourth-order valence-corrected chi connectivity index (χ4v) is 2.67. The van der Waals surface area contributed by atoms with Crippen molar-refractivity contribution in [2.45, 2.75) is 37.6 Å². The number of anilines is 1. The third-order valence-corrected chi connectivity index (χ3v) is 3.94. The van der Waals surface area contributed by atoms with Crippen LogP contribution in [-0.2, 0) is 4.74 Å². The molecule has 5 nitrogen and oxygen atoms in total. The minimum Gasteiger partial charge on any atom is -0.388 e.